The van der Waals surface area contributed by atoms with Crippen LogP contribution in [0.5, 0.6) is 0 Å². The molecule has 0 aliphatic heterocycles. The molecule has 68 valence electrons. The van der Waals surface area contributed by atoms with E-state index in [0.717, 1.165) is 19.5 Å². The van der Waals surface area contributed by atoms with Crippen molar-refractivity contribution >= 4 is 0 Å². The molecule has 0 aromatic heterocycles. The summed E-state index contributed by atoms with van der Waals surface area (Å²) in [6, 6.07) is 0. The summed E-state index contributed by atoms with van der Waals surface area (Å²) >= 11 is 0. The average molecular weight is 159 g/mol. The van der Waals surface area contributed by atoms with Crippen LogP contribution < -0.4 is 0 Å². The van der Waals surface area contributed by atoms with E-state index in [0.29, 0.717) is 5.92 Å². The van der Waals surface area contributed by atoms with Crippen molar-refractivity contribution in [2.24, 2.45) is 5.92 Å². The third-order valence-electron chi connectivity index (χ3n) is 1.92. The van der Waals surface area contributed by atoms with Crippen molar-refractivity contribution in [1.29, 1.82) is 0 Å². The van der Waals surface area contributed by atoms with Gasteiger partial charge in [0, 0.05) is 0 Å². The minimum Gasteiger partial charge on any atom is -0.378 e. The quantitative estimate of drug-likeness (QED) is 0.617. The first kappa shape index (κ1) is 10.9. The molecule has 0 spiro atoms. The second kappa shape index (κ2) is 5.56. The molecule has 0 bridgehead atoms. The molecular formula is C9H21NO. The van der Waals surface area contributed by atoms with Gasteiger partial charge in [0.2, 0.25) is 0 Å². The molecule has 0 saturated carbocycles. The molecule has 2 nitrogen and oxygen atoms in total. The van der Waals surface area contributed by atoms with E-state index in [2.05, 4.69) is 32.6 Å². The summed E-state index contributed by atoms with van der Waals surface area (Å²) in [4.78, 5) is 2.07. The molecule has 0 rings (SSSR count). The maximum Gasteiger partial charge on any atom is 0.107 e. The number of hydrogen-bond acceptors (Lipinski definition) is 2. The van der Waals surface area contributed by atoms with Crippen LogP contribution in [0.3, 0.4) is 0 Å². The Morgan fingerprint density at radius 2 is 1.64 bits per heavy atom. The van der Waals surface area contributed by atoms with Crippen molar-refractivity contribution in [2.75, 3.05) is 13.1 Å². The Balaban J connectivity index is 3.68. The molecule has 0 aromatic carbocycles. The first-order valence-electron chi connectivity index (χ1n) is 4.53. The Morgan fingerprint density at radius 3 is 1.91 bits per heavy atom. The van der Waals surface area contributed by atoms with Crippen molar-refractivity contribution in [2.45, 2.75) is 40.3 Å². The lowest BCUT2D eigenvalue weighted by atomic mass is 10.1. The zero-order valence-electron chi connectivity index (χ0n) is 8.17. The van der Waals surface area contributed by atoms with Crippen molar-refractivity contribution in [3.05, 3.63) is 0 Å². The van der Waals surface area contributed by atoms with E-state index >= 15 is 0 Å². The molecule has 0 fully saturated rings. The van der Waals surface area contributed by atoms with Crippen LogP contribution in [0.4, 0.5) is 0 Å². The van der Waals surface area contributed by atoms with E-state index in [-0.39, 0.29) is 6.23 Å². The largest absolute Gasteiger partial charge is 0.378 e. The van der Waals surface area contributed by atoms with Crippen LogP contribution in [0.2, 0.25) is 0 Å². The topological polar surface area (TPSA) is 23.5 Å². The molecule has 1 N–H and O–H groups in total. The highest BCUT2D eigenvalue weighted by Crippen LogP contribution is 2.07. The molecule has 2 heteroatoms. The summed E-state index contributed by atoms with van der Waals surface area (Å²) in [7, 11) is 0. The highest BCUT2D eigenvalue weighted by Gasteiger charge is 2.12. The molecule has 1 unspecified atom stereocenters. The maximum absolute atomic E-state index is 9.61. The minimum absolute atomic E-state index is 0.245. The highest BCUT2D eigenvalue weighted by molar-refractivity contribution is 4.59. The van der Waals surface area contributed by atoms with Crippen molar-refractivity contribution in [3.8, 4) is 0 Å². The minimum atomic E-state index is -0.245. The predicted molar refractivity (Wildman–Crippen MR) is 48.4 cm³/mol. The van der Waals surface area contributed by atoms with Crippen LogP contribution >= 0.6 is 0 Å². The second-order valence-corrected chi connectivity index (χ2v) is 3.33. The molecule has 0 aliphatic rings. The molecule has 11 heavy (non-hydrogen) atoms. The smallest absolute Gasteiger partial charge is 0.107 e. The molecular weight excluding hydrogens is 138 g/mol. The lowest BCUT2D eigenvalue weighted by Crippen LogP contribution is -2.35. The summed E-state index contributed by atoms with van der Waals surface area (Å²) in [6.07, 6.45) is 0.631. The Bertz CT molecular complexity index is 89.6. The van der Waals surface area contributed by atoms with Crippen LogP contribution in [-0.4, -0.2) is 29.3 Å². The van der Waals surface area contributed by atoms with E-state index < -0.39 is 0 Å². The molecule has 0 radical (unpaired) electrons. The zero-order chi connectivity index (χ0) is 8.85. The third-order valence-corrected chi connectivity index (χ3v) is 1.92. The number of nitrogens with zero attached hydrogens (tertiary/aromatic N) is 1. The van der Waals surface area contributed by atoms with Crippen LogP contribution in [0, 0.1) is 5.92 Å². The number of hydrogen-bond donors (Lipinski definition) is 1. The molecule has 0 amide bonds. The van der Waals surface area contributed by atoms with E-state index in [1.807, 2.05) is 0 Å². The van der Waals surface area contributed by atoms with Gasteiger partial charge in [0.05, 0.1) is 0 Å². The fraction of sp³-hybridized carbons (Fsp3) is 1.00. The van der Waals surface area contributed by atoms with Gasteiger partial charge in [-0.1, -0.05) is 27.7 Å². The molecule has 0 aliphatic carbocycles. The fourth-order valence-corrected chi connectivity index (χ4v) is 1.22. The number of rotatable bonds is 5. The van der Waals surface area contributed by atoms with Crippen molar-refractivity contribution in [1.82, 2.24) is 4.90 Å². The van der Waals surface area contributed by atoms with Gasteiger partial charge in [0.15, 0.2) is 0 Å². The van der Waals surface area contributed by atoms with Crippen molar-refractivity contribution < 1.29 is 5.11 Å². The normalized spacial score (nSPS) is 14.5. The van der Waals surface area contributed by atoms with Crippen LogP contribution in [0.25, 0.3) is 0 Å². The molecule has 0 heterocycles. The van der Waals surface area contributed by atoms with Crippen molar-refractivity contribution in [3.63, 3.8) is 0 Å². The molecule has 0 saturated heterocycles. The monoisotopic (exact) mass is 159 g/mol. The number of aliphatic hydroxyl groups is 1. The van der Waals surface area contributed by atoms with Gasteiger partial charge in [-0.05, 0) is 25.4 Å². The Labute approximate surface area is 70.2 Å². The summed E-state index contributed by atoms with van der Waals surface area (Å²) in [5.41, 5.74) is 0. The fourth-order valence-electron chi connectivity index (χ4n) is 1.22. The summed E-state index contributed by atoms with van der Waals surface area (Å²) in [6.45, 7) is 10.3. The summed E-state index contributed by atoms with van der Waals surface area (Å²) in [5, 5.41) is 9.61. The van der Waals surface area contributed by atoms with Gasteiger partial charge in [-0.3, -0.25) is 4.90 Å². The first-order valence-corrected chi connectivity index (χ1v) is 4.53. The van der Waals surface area contributed by atoms with Gasteiger partial charge < -0.3 is 5.11 Å². The lowest BCUT2D eigenvalue weighted by Gasteiger charge is -2.26. The Hall–Kier alpha value is -0.0800. The van der Waals surface area contributed by atoms with E-state index in [9.17, 15) is 5.11 Å². The summed E-state index contributed by atoms with van der Waals surface area (Å²) in [5.74, 6) is 0.575. The van der Waals surface area contributed by atoms with Gasteiger partial charge in [-0.2, -0.15) is 0 Å². The van der Waals surface area contributed by atoms with Gasteiger partial charge in [0.1, 0.15) is 6.23 Å². The summed E-state index contributed by atoms with van der Waals surface area (Å²) < 4.78 is 0. The SMILES string of the molecule is CCN(CC)C(O)CC(C)C. The van der Waals surface area contributed by atoms with Gasteiger partial charge in [-0.15, -0.1) is 0 Å². The third kappa shape index (κ3) is 4.38. The second-order valence-electron chi connectivity index (χ2n) is 3.33. The first-order chi connectivity index (χ1) is 5.11. The predicted octanol–water partition coefficient (Wildman–Crippen LogP) is 1.69. The van der Waals surface area contributed by atoms with Gasteiger partial charge in [-0.25, -0.2) is 0 Å². The average Bonchev–Trinajstić information content (AvgIpc) is 1.88. The lowest BCUT2D eigenvalue weighted by molar-refractivity contribution is -0.00407. The molecule has 1 atom stereocenters. The van der Waals surface area contributed by atoms with Gasteiger partial charge >= 0.3 is 0 Å². The Kier molecular flexibility index (Phi) is 5.51. The van der Waals surface area contributed by atoms with Crippen LogP contribution in [-0.2, 0) is 0 Å². The van der Waals surface area contributed by atoms with Gasteiger partial charge in [0.25, 0.3) is 0 Å². The van der Waals surface area contributed by atoms with E-state index in [1.54, 1.807) is 0 Å². The highest BCUT2D eigenvalue weighted by atomic mass is 16.3. The Morgan fingerprint density at radius 1 is 1.18 bits per heavy atom. The standard InChI is InChI=1S/C9H21NO/c1-5-10(6-2)9(11)7-8(3)4/h8-9,11H,5-7H2,1-4H3. The van der Waals surface area contributed by atoms with E-state index in [1.165, 1.54) is 0 Å². The zero-order valence-corrected chi connectivity index (χ0v) is 8.17. The maximum atomic E-state index is 9.61. The van der Waals surface area contributed by atoms with Crippen LogP contribution in [0.15, 0.2) is 0 Å². The number of aliphatic hydroxyl groups excluding tert-OH is 1. The van der Waals surface area contributed by atoms with Crippen LogP contribution in [0.1, 0.15) is 34.1 Å². The molecule has 0 aromatic rings. The van der Waals surface area contributed by atoms with E-state index in [4.69, 9.17) is 0 Å².